The van der Waals surface area contributed by atoms with Gasteiger partial charge >= 0.3 is 0 Å². The van der Waals surface area contributed by atoms with Crippen LogP contribution in [-0.2, 0) is 14.6 Å². The monoisotopic (exact) mass is 321 g/mol. The van der Waals surface area contributed by atoms with Crippen molar-refractivity contribution in [2.45, 2.75) is 39.7 Å². The number of sulfone groups is 1. The summed E-state index contributed by atoms with van der Waals surface area (Å²) in [5.74, 6) is 0.886. The van der Waals surface area contributed by atoms with Crippen LogP contribution in [0.1, 0.15) is 34.1 Å². The van der Waals surface area contributed by atoms with Gasteiger partial charge in [-0.3, -0.25) is 4.99 Å². The average Bonchev–Trinajstić information content (AvgIpc) is 2.36. The van der Waals surface area contributed by atoms with E-state index in [9.17, 15) is 8.42 Å². The molecule has 126 valence electrons. The second-order valence-corrected chi connectivity index (χ2v) is 9.05. The van der Waals surface area contributed by atoms with Crippen LogP contribution in [0.15, 0.2) is 4.99 Å². The zero-order chi connectivity index (χ0) is 16.7. The van der Waals surface area contributed by atoms with Gasteiger partial charge in [0, 0.05) is 33.5 Å². The highest BCUT2D eigenvalue weighted by Crippen LogP contribution is 2.19. The van der Waals surface area contributed by atoms with E-state index in [1.165, 1.54) is 6.26 Å². The maximum Gasteiger partial charge on any atom is 0.191 e. The lowest BCUT2D eigenvalue weighted by atomic mass is 9.90. The standard InChI is InChI=1S/C14H31N3O3S/c1-13(2,8-9-21(7,18)19)10-16-12(15-5)17-11-14(3,4)20-6/h8-11H2,1-7H3,(H2,15,16,17). The Morgan fingerprint density at radius 2 is 1.67 bits per heavy atom. The number of ether oxygens (including phenoxy) is 1. The summed E-state index contributed by atoms with van der Waals surface area (Å²) in [5.41, 5.74) is -0.402. The second-order valence-electron chi connectivity index (χ2n) is 6.79. The summed E-state index contributed by atoms with van der Waals surface area (Å²) in [4.78, 5) is 4.16. The van der Waals surface area contributed by atoms with Crippen LogP contribution in [0, 0.1) is 5.41 Å². The molecule has 0 aliphatic rings. The van der Waals surface area contributed by atoms with Crippen molar-refractivity contribution in [3.63, 3.8) is 0 Å². The number of rotatable bonds is 8. The van der Waals surface area contributed by atoms with Crippen molar-refractivity contribution < 1.29 is 13.2 Å². The summed E-state index contributed by atoms with van der Waals surface area (Å²) < 4.78 is 27.8. The van der Waals surface area contributed by atoms with E-state index in [-0.39, 0.29) is 16.8 Å². The third-order valence-electron chi connectivity index (χ3n) is 3.34. The first-order valence-electron chi connectivity index (χ1n) is 7.08. The van der Waals surface area contributed by atoms with Crippen LogP contribution < -0.4 is 10.6 Å². The van der Waals surface area contributed by atoms with E-state index in [0.717, 1.165) is 0 Å². The number of guanidine groups is 1. The van der Waals surface area contributed by atoms with Crippen molar-refractivity contribution in [1.29, 1.82) is 0 Å². The average molecular weight is 321 g/mol. The Balaban J connectivity index is 4.33. The van der Waals surface area contributed by atoms with Crippen molar-refractivity contribution in [2.75, 3.05) is 39.3 Å². The fourth-order valence-electron chi connectivity index (χ4n) is 1.46. The van der Waals surface area contributed by atoms with Gasteiger partial charge in [0.15, 0.2) is 5.96 Å². The fourth-order valence-corrected chi connectivity index (χ4v) is 2.39. The molecule has 0 aromatic carbocycles. The lowest BCUT2D eigenvalue weighted by molar-refractivity contribution is 0.0268. The zero-order valence-electron chi connectivity index (χ0n) is 14.4. The SMILES string of the molecule is CN=C(NCC(C)(C)CCS(C)(=O)=O)NCC(C)(C)OC. The van der Waals surface area contributed by atoms with E-state index < -0.39 is 9.84 Å². The van der Waals surface area contributed by atoms with Gasteiger partial charge in [0.05, 0.1) is 11.4 Å². The summed E-state index contributed by atoms with van der Waals surface area (Å²) in [7, 11) is 0.455. The molecule has 7 heteroatoms. The summed E-state index contributed by atoms with van der Waals surface area (Å²) in [6.45, 7) is 9.34. The topological polar surface area (TPSA) is 79.8 Å². The van der Waals surface area contributed by atoms with E-state index >= 15 is 0 Å². The van der Waals surface area contributed by atoms with Gasteiger partial charge < -0.3 is 15.4 Å². The molecule has 6 nitrogen and oxygen atoms in total. The molecule has 0 radical (unpaired) electrons. The molecule has 0 aromatic rings. The third-order valence-corrected chi connectivity index (χ3v) is 4.29. The Labute approximate surface area is 129 Å². The van der Waals surface area contributed by atoms with Crippen LogP contribution in [0.2, 0.25) is 0 Å². The number of hydrogen-bond donors (Lipinski definition) is 2. The summed E-state index contributed by atoms with van der Waals surface area (Å²) in [6, 6.07) is 0. The third kappa shape index (κ3) is 10.5. The Kier molecular flexibility index (Phi) is 7.67. The van der Waals surface area contributed by atoms with Crippen LogP contribution >= 0.6 is 0 Å². The summed E-state index contributed by atoms with van der Waals surface area (Å²) in [5, 5.41) is 6.43. The zero-order valence-corrected chi connectivity index (χ0v) is 15.2. The molecule has 0 saturated carbocycles. The molecule has 0 heterocycles. The molecular formula is C14H31N3O3S. The largest absolute Gasteiger partial charge is 0.377 e. The maximum atomic E-state index is 11.2. The molecule has 0 atom stereocenters. The molecule has 0 aromatic heterocycles. The van der Waals surface area contributed by atoms with Gasteiger partial charge in [-0.15, -0.1) is 0 Å². The number of nitrogens with one attached hydrogen (secondary N) is 2. The smallest absolute Gasteiger partial charge is 0.191 e. The molecule has 2 N–H and O–H groups in total. The lowest BCUT2D eigenvalue weighted by Gasteiger charge is -2.28. The lowest BCUT2D eigenvalue weighted by Crippen LogP contribution is -2.47. The van der Waals surface area contributed by atoms with Gasteiger partial charge in [-0.05, 0) is 25.7 Å². The predicted octanol–water partition coefficient (Wildman–Crippen LogP) is 1.04. The maximum absolute atomic E-state index is 11.2. The van der Waals surface area contributed by atoms with Gasteiger partial charge in [0.25, 0.3) is 0 Å². The Hall–Kier alpha value is -0.820. The van der Waals surface area contributed by atoms with E-state index in [2.05, 4.69) is 15.6 Å². The highest BCUT2D eigenvalue weighted by Gasteiger charge is 2.21. The Morgan fingerprint density at radius 1 is 1.14 bits per heavy atom. The molecule has 0 rings (SSSR count). The van der Waals surface area contributed by atoms with Gasteiger partial charge in [-0.1, -0.05) is 13.8 Å². The van der Waals surface area contributed by atoms with Crippen LogP contribution in [0.5, 0.6) is 0 Å². The molecule has 0 aliphatic heterocycles. The van der Waals surface area contributed by atoms with Gasteiger partial charge in [-0.2, -0.15) is 0 Å². The van der Waals surface area contributed by atoms with Gasteiger partial charge in [0.1, 0.15) is 9.84 Å². The van der Waals surface area contributed by atoms with E-state index in [1.807, 2.05) is 27.7 Å². The summed E-state index contributed by atoms with van der Waals surface area (Å²) >= 11 is 0. The number of hydrogen-bond acceptors (Lipinski definition) is 4. The molecule has 0 aliphatic carbocycles. The minimum absolute atomic E-state index is 0.128. The summed E-state index contributed by atoms with van der Waals surface area (Å²) in [6.07, 6.45) is 1.88. The first-order valence-corrected chi connectivity index (χ1v) is 9.14. The van der Waals surface area contributed by atoms with E-state index in [0.29, 0.717) is 25.5 Å². The molecular weight excluding hydrogens is 290 g/mol. The first kappa shape index (κ1) is 20.2. The van der Waals surface area contributed by atoms with E-state index in [4.69, 9.17) is 4.74 Å². The molecule has 0 fully saturated rings. The van der Waals surface area contributed by atoms with Crippen molar-refractivity contribution in [1.82, 2.24) is 10.6 Å². The molecule has 0 amide bonds. The molecule has 0 unspecified atom stereocenters. The first-order chi connectivity index (χ1) is 9.41. The van der Waals surface area contributed by atoms with Crippen molar-refractivity contribution in [2.24, 2.45) is 10.4 Å². The minimum Gasteiger partial charge on any atom is -0.377 e. The Bertz CT molecular complexity index is 442. The van der Waals surface area contributed by atoms with Crippen molar-refractivity contribution in [3.05, 3.63) is 0 Å². The minimum atomic E-state index is -2.92. The van der Waals surface area contributed by atoms with E-state index in [1.54, 1.807) is 14.2 Å². The van der Waals surface area contributed by atoms with Gasteiger partial charge in [0.2, 0.25) is 0 Å². The predicted molar refractivity (Wildman–Crippen MR) is 88.6 cm³/mol. The molecule has 21 heavy (non-hydrogen) atoms. The normalized spacial score (nSPS) is 14.1. The van der Waals surface area contributed by atoms with Crippen LogP contribution in [0.4, 0.5) is 0 Å². The van der Waals surface area contributed by atoms with Crippen molar-refractivity contribution >= 4 is 15.8 Å². The Morgan fingerprint density at radius 3 is 2.10 bits per heavy atom. The van der Waals surface area contributed by atoms with Crippen molar-refractivity contribution in [3.8, 4) is 0 Å². The van der Waals surface area contributed by atoms with Crippen LogP contribution in [0.3, 0.4) is 0 Å². The molecule has 0 spiro atoms. The molecule has 0 saturated heterocycles. The highest BCUT2D eigenvalue weighted by molar-refractivity contribution is 7.90. The van der Waals surface area contributed by atoms with Gasteiger partial charge in [-0.25, -0.2) is 8.42 Å². The van der Waals surface area contributed by atoms with Crippen LogP contribution in [0.25, 0.3) is 0 Å². The number of nitrogens with zero attached hydrogens (tertiary/aromatic N) is 1. The second kappa shape index (κ2) is 7.98. The number of aliphatic imine (C=N–C) groups is 1. The number of methoxy groups -OCH3 is 1. The highest BCUT2D eigenvalue weighted by atomic mass is 32.2. The molecule has 0 bridgehead atoms. The van der Waals surface area contributed by atoms with Crippen LogP contribution in [-0.4, -0.2) is 59.2 Å². The quantitative estimate of drug-likeness (QED) is 0.516. The fraction of sp³-hybridized carbons (Fsp3) is 0.929.